The van der Waals surface area contributed by atoms with Crippen molar-refractivity contribution >= 4 is 21.6 Å². The van der Waals surface area contributed by atoms with Crippen LogP contribution in [0.1, 0.15) is 36.5 Å². The van der Waals surface area contributed by atoms with Crippen LogP contribution in [0.5, 0.6) is 0 Å². The van der Waals surface area contributed by atoms with Crippen molar-refractivity contribution in [1.29, 1.82) is 0 Å². The van der Waals surface area contributed by atoms with Crippen LogP contribution in [0.25, 0.3) is 0 Å². The number of carbonyl (C=O) groups is 1. The van der Waals surface area contributed by atoms with Gasteiger partial charge in [0.25, 0.3) is 0 Å². The second kappa shape index (κ2) is 7.80. The topological polar surface area (TPSA) is 75.3 Å². The van der Waals surface area contributed by atoms with Gasteiger partial charge in [0.1, 0.15) is 0 Å². The van der Waals surface area contributed by atoms with Crippen LogP contribution in [0, 0.1) is 13.8 Å². The Morgan fingerprint density at radius 3 is 2.28 bits per heavy atom. The highest BCUT2D eigenvalue weighted by atomic mass is 32.2. The molecule has 1 amide bonds. The molecule has 0 aliphatic carbocycles. The van der Waals surface area contributed by atoms with E-state index in [1.807, 2.05) is 39.0 Å². The fourth-order valence-electron chi connectivity index (χ4n) is 2.62. The Hall–Kier alpha value is -2.18. The lowest BCUT2D eigenvalue weighted by molar-refractivity contribution is -0.115. The molecule has 0 spiro atoms. The SMILES string of the molecule is Cc1ccccc1S(=O)(=O)NCC(=O)Nc1c(C)cccc1C(C)C. The van der Waals surface area contributed by atoms with E-state index in [4.69, 9.17) is 0 Å². The largest absolute Gasteiger partial charge is 0.324 e. The minimum atomic E-state index is -3.73. The Labute approximate surface area is 149 Å². The number of para-hydroxylation sites is 1. The number of rotatable bonds is 6. The lowest BCUT2D eigenvalue weighted by atomic mass is 9.98. The number of aryl methyl sites for hydroxylation is 2. The number of carbonyl (C=O) groups excluding carboxylic acids is 1. The van der Waals surface area contributed by atoms with Crippen molar-refractivity contribution in [2.24, 2.45) is 0 Å². The van der Waals surface area contributed by atoms with Crippen LogP contribution in [0.15, 0.2) is 47.4 Å². The first-order valence-electron chi connectivity index (χ1n) is 8.17. The first-order valence-corrected chi connectivity index (χ1v) is 9.65. The monoisotopic (exact) mass is 360 g/mol. The molecule has 2 aromatic carbocycles. The maximum Gasteiger partial charge on any atom is 0.241 e. The summed E-state index contributed by atoms with van der Waals surface area (Å²) in [4.78, 5) is 12.4. The van der Waals surface area contributed by atoms with Crippen molar-refractivity contribution in [2.75, 3.05) is 11.9 Å². The molecule has 0 aromatic heterocycles. The van der Waals surface area contributed by atoms with Gasteiger partial charge in [-0.3, -0.25) is 4.79 Å². The molecule has 0 bridgehead atoms. The molecular weight excluding hydrogens is 336 g/mol. The zero-order valence-corrected chi connectivity index (χ0v) is 15.8. The molecule has 134 valence electrons. The number of hydrogen-bond acceptors (Lipinski definition) is 3. The molecule has 0 atom stereocenters. The van der Waals surface area contributed by atoms with Crippen LogP contribution >= 0.6 is 0 Å². The minimum absolute atomic E-state index is 0.182. The van der Waals surface area contributed by atoms with E-state index in [1.54, 1.807) is 25.1 Å². The Bertz CT molecular complexity index is 874. The molecule has 0 saturated carbocycles. The number of hydrogen-bond donors (Lipinski definition) is 2. The van der Waals surface area contributed by atoms with E-state index in [-0.39, 0.29) is 17.4 Å². The highest BCUT2D eigenvalue weighted by Gasteiger charge is 2.18. The fourth-order valence-corrected chi connectivity index (χ4v) is 3.85. The number of sulfonamides is 1. The smallest absolute Gasteiger partial charge is 0.241 e. The van der Waals surface area contributed by atoms with Gasteiger partial charge in [-0.15, -0.1) is 0 Å². The third-order valence-corrected chi connectivity index (χ3v) is 5.56. The van der Waals surface area contributed by atoms with Crippen molar-refractivity contribution in [3.63, 3.8) is 0 Å². The average Bonchev–Trinajstić information content (AvgIpc) is 2.55. The number of anilines is 1. The molecule has 0 heterocycles. The quantitative estimate of drug-likeness (QED) is 0.829. The highest BCUT2D eigenvalue weighted by Crippen LogP contribution is 2.27. The maximum atomic E-state index is 12.4. The first-order chi connectivity index (χ1) is 11.7. The summed E-state index contributed by atoms with van der Waals surface area (Å²) >= 11 is 0. The molecule has 0 aliphatic rings. The molecular formula is C19H24N2O3S. The summed E-state index contributed by atoms with van der Waals surface area (Å²) in [6.45, 7) is 7.41. The van der Waals surface area contributed by atoms with Crippen LogP contribution in [0.2, 0.25) is 0 Å². The second-order valence-electron chi connectivity index (χ2n) is 6.33. The van der Waals surface area contributed by atoms with Gasteiger partial charge in [-0.25, -0.2) is 13.1 Å². The van der Waals surface area contributed by atoms with E-state index in [1.165, 1.54) is 6.07 Å². The van der Waals surface area contributed by atoms with Crippen molar-refractivity contribution < 1.29 is 13.2 Å². The molecule has 0 fully saturated rings. The van der Waals surface area contributed by atoms with Gasteiger partial charge in [0.2, 0.25) is 15.9 Å². The van der Waals surface area contributed by atoms with Gasteiger partial charge in [-0.05, 0) is 42.5 Å². The molecule has 5 nitrogen and oxygen atoms in total. The van der Waals surface area contributed by atoms with Gasteiger partial charge in [-0.2, -0.15) is 0 Å². The maximum absolute atomic E-state index is 12.4. The molecule has 2 aromatic rings. The number of nitrogens with one attached hydrogen (secondary N) is 2. The van der Waals surface area contributed by atoms with Crippen LogP contribution in [-0.4, -0.2) is 20.9 Å². The summed E-state index contributed by atoms with van der Waals surface area (Å²) in [7, 11) is -3.73. The molecule has 25 heavy (non-hydrogen) atoms. The van der Waals surface area contributed by atoms with Gasteiger partial charge in [0.05, 0.1) is 11.4 Å². The van der Waals surface area contributed by atoms with Gasteiger partial charge in [0, 0.05) is 5.69 Å². The molecule has 2 rings (SSSR count). The summed E-state index contributed by atoms with van der Waals surface area (Å²) < 4.78 is 27.1. The Kier molecular flexibility index (Phi) is 5.98. The predicted molar refractivity (Wildman–Crippen MR) is 100 cm³/mol. The van der Waals surface area contributed by atoms with Crippen LogP contribution in [0.3, 0.4) is 0 Å². The van der Waals surface area contributed by atoms with E-state index in [0.717, 1.165) is 16.8 Å². The third kappa shape index (κ3) is 4.67. The first kappa shape index (κ1) is 19.1. The molecule has 6 heteroatoms. The zero-order chi connectivity index (χ0) is 18.6. The fraction of sp³-hybridized carbons (Fsp3) is 0.316. The van der Waals surface area contributed by atoms with Crippen molar-refractivity contribution in [3.05, 3.63) is 59.2 Å². The van der Waals surface area contributed by atoms with Crippen LogP contribution < -0.4 is 10.0 Å². The molecule has 0 radical (unpaired) electrons. The molecule has 2 N–H and O–H groups in total. The van der Waals surface area contributed by atoms with Crippen LogP contribution in [-0.2, 0) is 14.8 Å². The van der Waals surface area contributed by atoms with Crippen molar-refractivity contribution in [2.45, 2.75) is 38.5 Å². The molecule has 0 saturated heterocycles. The lowest BCUT2D eigenvalue weighted by Crippen LogP contribution is -2.33. The van der Waals surface area contributed by atoms with E-state index in [9.17, 15) is 13.2 Å². The summed E-state index contributed by atoms with van der Waals surface area (Å²) in [5.41, 5.74) is 3.35. The van der Waals surface area contributed by atoms with E-state index in [2.05, 4.69) is 10.0 Å². The third-order valence-electron chi connectivity index (χ3n) is 4.00. The highest BCUT2D eigenvalue weighted by molar-refractivity contribution is 7.89. The van der Waals surface area contributed by atoms with E-state index in [0.29, 0.717) is 5.56 Å². The van der Waals surface area contributed by atoms with Crippen LogP contribution in [0.4, 0.5) is 5.69 Å². The molecule has 0 aliphatic heterocycles. The Morgan fingerprint density at radius 2 is 1.64 bits per heavy atom. The standard InChI is InChI=1S/C19H24N2O3S/c1-13(2)16-10-7-9-15(4)19(16)21-18(22)12-20-25(23,24)17-11-6-5-8-14(17)3/h5-11,13,20H,12H2,1-4H3,(H,21,22). The summed E-state index contributed by atoms with van der Waals surface area (Å²) in [6, 6.07) is 12.5. The lowest BCUT2D eigenvalue weighted by Gasteiger charge is -2.16. The summed E-state index contributed by atoms with van der Waals surface area (Å²) in [5.74, 6) is -0.146. The van der Waals surface area contributed by atoms with Gasteiger partial charge in [0.15, 0.2) is 0 Å². The molecule has 0 unspecified atom stereocenters. The number of amides is 1. The summed E-state index contributed by atoms with van der Waals surface area (Å²) in [5, 5.41) is 2.83. The second-order valence-corrected chi connectivity index (χ2v) is 8.07. The van der Waals surface area contributed by atoms with Crippen molar-refractivity contribution in [3.8, 4) is 0 Å². The number of benzene rings is 2. The average molecular weight is 360 g/mol. The van der Waals surface area contributed by atoms with Gasteiger partial charge >= 0.3 is 0 Å². The van der Waals surface area contributed by atoms with Gasteiger partial charge in [-0.1, -0.05) is 50.2 Å². The Balaban J connectivity index is 2.11. The Morgan fingerprint density at radius 1 is 1.00 bits per heavy atom. The van der Waals surface area contributed by atoms with Gasteiger partial charge < -0.3 is 5.32 Å². The zero-order valence-electron chi connectivity index (χ0n) is 15.0. The minimum Gasteiger partial charge on any atom is -0.324 e. The summed E-state index contributed by atoms with van der Waals surface area (Å²) in [6.07, 6.45) is 0. The van der Waals surface area contributed by atoms with Crippen molar-refractivity contribution in [1.82, 2.24) is 4.72 Å². The van der Waals surface area contributed by atoms with E-state index < -0.39 is 15.9 Å². The normalized spacial score (nSPS) is 11.6. The van der Waals surface area contributed by atoms with E-state index >= 15 is 0 Å². The predicted octanol–water partition coefficient (Wildman–Crippen LogP) is 3.34.